The summed E-state index contributed by atoms with van der Waals surface area (Å²) in [6.45, 7) is -1.98. The molecule has 1 aromatic rings. The normalized spacial score (nSPS) is 10.9. The van der Waals surface area contributed by atoms with Gasteiger partial charge in [-0.3, -0.25) is 4.79 Å². The molecule has 0 spiro atoms. The number of benzene rings is 1. The summed E-state index contributed by atoms with van der Waals surface area (Å²) in [6, 6.07) is 3.47. The minimum absolute atomic E-state index is 0.0680. The molecule has 0 radical (unpaired) electrons. The number of carbonyl (C=O) groups excluding carboxylic acids is 3. The average molecular weight is 364 g/mol. The molecule has 0 unspecified atom stereocenters. The molecule has 0 fully saturated rings. The predicted octanol–water partition coefficient (Wildman–Crippen LogP) is 2.13. The van der Waals surface area contributed by atoms with Gasteiger partial charge in [-0.05, 0) is 18.2 Å². The first-order valence-electron chi connectivity index (χ1n) is 6.83. The molecule has 10 heteroatoms. The number of esters is 3. The Morgan fingerprint density at radius 1 is 0.960 bits per heavy atom. The number of ether oxygens (including phenoxy) is 4. The van der Waals surface area contributed by atoms with Gasteiger partial charge in [0.25, 0.3) is 0 Å². The highest BCUT2D eigenvalue weighted by Gasteiger charge is 2.27. The lowest BCUT2D eigenvalue weighted by molar-refractivity contribution is -0.175. The van der Waals surface area contributed by atoms with Crippen LogP contribution in [-0.2, 0) is 19.0 Å². The lowest BCUT2D eigenvalue weighted by Crippen LogP contribution is -2.19. The fourth-order valence-electron chi connectivity index (χ4n) is 1.66. The summed E-state index contributed by atoms with van der Waals surface area (Å²) in [6.07, 6.45) is -4.94. The van der Waals surface area contributed by atoms with Crippen LogP contribution in [0, 0.1) is 0 Å². The quantitative estimate of drug-likeness (QED) is 0.416. The SMILES string of the molecule is COC(=O)c1cc(OC(=O)CCOCC(F)(F)F)cc(C(=O)OC)c1. The van der Waals surface area contributed by atoms with E-state index in [1.807, 2.05) is 0 Å². The zero-order valence-electron chi connectivity index (χ0n) is 13.3. The van der Waals surface area contributed by atoms with E-state index in [9.17, 15) is 27.6 Å². The van der Waals surface area contributed by atoms with E-state index in [0.29, 0.717) is 0 Å². The largest absolute Gasteiger partial charge is 0.465 e. The molecule has 7 nitrogen and oxygen atoms in total. The number of carbonyl (C=O) groups is 3. The maximum Gasteiger partial charge on any atom is 0.411 e. The highest BCUT2D eigenvalue weighted by atomic mass is 19.4. The fraction of sp³-hybridized carbons (Fsp3) is 0.400. The second kappa shape index (κ2) is 9.02. The lowest BCUT2D eigenvalue weighted by atomic mass is 10.1. The Bertz CT molecular complexity index is 606. The van der Waals surface area contributed by atoms with Gasteiger partial charge in [-0.15, -0.1) is 0 Å². The van der Waals surface area contributed by atoms with Gasteiger partial charge in [0.05, 0.1) is 38.4 Å². The molecule has 1 aromatic carbocycles. The van der Waals surface area contributed by atoms with Gasteiger partial charge in [0.2, 0.25) is 0 Å². The molecular weight excluding hydrogens is 349 g/mol. The second-order valence-corrected chi connectivity index (χ2v) is 4.62. The summed E-state index contributed by atoms with van der Waals surface area (Å²) < 4.78 is 53.9. The van der Waals surface area contributed by atoms with E-state index in [0.717, 1.165) is 26.4 Å². The Morgan fingerprint density at radius 3 is 1.92 bits per heavy atom. The van der Waals surface area contributed by atoms with Gasteiger partial charge in [-0.2, -0.15) is 13.2 Å². The van der Waals surface area contributed by atoms with Crippen LogP contribution >= 0.6 is 0 Å². The molecule has 25 heavy (non-hydrogen) atoms. The van der Waals surface area contributed by atoms with Crippen molar-refractivity contribution in [3.63, 3.8) is 0 Å². The van der Waals surface area contributed by atoms with Crippen molar-refractivity contribution < 1.29 is 46.5 Å². The number of halogens is 3. The zero-order valence-corrected chi connectivity index (χ0v) is 13.3. The number of alkyl halides is 3. The van der Waals surface area contributed by atoms with Gasteiger partial charge < -0.3 is 18.9 Å². The van der Waals surface area contributed by atoms with E-state index < -0.39 is 43.7 Å². The van der Waals surface area contributed by atoms with E-state index in [1.165, 1.54) is 6.07 Å². The summed E-state index contributed by atoms with van der Waals surface area (Å²) in [7, 11) is 2.24. The summed E-state index contributed by atoms with van der Waals surface area (Å²) in [5, 5.41) is 0. The number of hydrogen-bond acceptors (Lipinski definition) is 7. The van der Waals surface area contributed by atoms with Gasteiger partial charge in [-0.1, -0.05) is 0 Å². The molecule has 1 rings (SSSR count). The van der Waals surface area contributed by atoms with Gasteiger partial charge in [0.15, 0.2) is 0 Å². The highest BCUT2D eigenvalue weighted by molar-refractivity contribution is 5.96. The van der Waals surface area contributed by atoms with Crippen LogP contribution in [-0.4, -0.2) is 51.5 Å². The minimum Gasteiger partial charge on any atom is -0.465 e. The second-order valence-electron chi connectivity index (χ2n) is 4.62. The van der Waals surface area contributed by atoms with E-state index in [1.54, 1.807) is 0 Å². The van der Waals surface area contributed by atoms with Crippen molar-refractivity contribution >= 4 is 17.9 Å². The first-order valence-corrected chi connectivity index (χ1v) is 6.83. The highest BCUT2D eigenvalue weighted by Crippen LogP contribution is 2.20. The Morgan fingerprint density at radius 2 is 1.48 bits per heavy atom. The van der Waals surface area contributed by atoms with Crippen LogP contribution in [0.15, 0.2) is 18.2 Å². The van der Waals surface area contributed by atoms with Crippen molar-refractivity contribution in [1.29, 1.82) is 0 Å². The molecule has 0 saturated heterocycles. The molecule has 0 N–H and O–H groups in total. The summed E-state index contributed by atoms with van der Waals surface area (Å²) in [4.78, 5) is 34.8. The van der Waals surface area contributed by atoms with Crippen molar-refractivity contribution in [3.8, 4) is 5.75 Å². The molecule has 0 amide bonds. The van der Waals surface area contributed by atoms with Gasteiger partial charge in [0.1, 0.15) is 12.4 Å². The standard InChI is InChI=1S/C15H15F3O7/c1-22-13(20)9-5-10(14(21)23-2)7-11(6-9)25-12(19)3-4-24-8-15(16,17)18/h5-7H,3-4,8H2,1-2H3. The third kappa shape index (κ3) is 7.21. The lowest BCUT2D eigenvalue weighted by Gasteiger charge is -2.09. The van der Waals surface area contributed by atoms with Crippen molar-refractivity contribution in [2.24, 2.45) is 0 Å². The van der Waals surface area contributed by atoms with Crippen LogP contribution in [0.2, 0.25) is 0 Å². The van der Waals surface area contributed by atoms with Crippen molar-refractivity contribution in [2.45, 2.75) is 12.6 Å². The molecule has 0 atom stereocenters. The minimum atomic E-state index is -4.49. The Labute approximate surface area is 140 Å². The van der Waals surface area contributed by atoms with Crippen molar-refractivity contribution in [2.75, 3.05) is 27.4 Å². The average Bonchev–Trinajstić information content (AvgIpc) is 2.56. The van der Waals surface area contributed by atoms with Crippen molar-refractivity contribution in [3.05, 3.63) is 29.3 Å². The summed E-state index contributed by atoms with van der Waals surface area (Å²) >= 11 is 0. The van der Waals surface area contributed by atoms with Crippen LogP contribution in [0.5, 0.6) is 5.75 Å². The molecule has 0 aromatic heterocycles. The van der Waals surface area contributed by atoms with Gasteiger partial charge >= 0.3 is 24.1 Å². The summed E-state index contributed by atoms with van der Waals surface area (Å²) in [5.41, 5.74) is -0.136. The third-order valence-electron chi connectivity index (χ3n) is 2.70. The fourth-order valence-corrected chi connectivity index (χ4v) is 1.66. The Hall–Kier alpha value is -2.62. The topological polar surface area (TPSA) is 88.1 Å². The molecule has 0 heterocycles. The first kappa shape index (κ1) is 20.4. The number of hydrogen-bond donors (Lipinski definition) is 0. The first-order chi connectivity index (χ1) is 11.7. The molecule has 0 aliphatic rings. The van der Waals surface area contributed by atoms with Crippen LogP contribution in [0.1, 0.15) is 27.1 Å². The molecule has 0 bridgehead atoms. The third-order valence-corrected chi connectivity index (χ3v) is 2.70. The molecular formula is C15H15F3O7. The maximum absolute atomic E-state index is 11.9. The molecule has 0 aliphatic heterocycles. The van der Waals surface area contributed by atoms with E-state index in [2.05, 4.69) is 14.2 Å². The van der Waals surface area contributed by atoms with Gasteiger partial charge in [0, 0.05) is 0 Å². The molecule has 0 aliphatic carbocycles. The number of rotatable bonds is 7. The van der Waals surface area contributed by atoms with Crippen LogP contribution in [0.3, 0.4) is 0 Å². The molecule has 0 saturated carbocycles. The Kier molecular flexibility index (Phi) is 7.37. The van der Waals surface area contributed by atoms with Gasteiger partial charge in [-0.25, -0.2) is 9.59 Å². The molecule has 138 valence electrons. The predicted molar refractivity (Wildman–Crippen MR) is 76.2 cm³/mol. The zero-order chi connectivity index (χ0) is 19.0. The Balaban J connectivity index is 2.77. The van der Waals surface area contributed by atoms with Crippen molar-refractivity contribution in [1.82, 2.24) is 0 Å². The maximum atomic E-state index is 11.9. The smallest absolute Gasteiger partial charge is 0.411 e. The number of methoxy groups -OCH3 is 2. The van der Waals surface area contributed by atoms with E-state index in [-0.39, 0.29) is 16.9 Å². The van der Waals surface area contributed by atoms with E-state index in [4.69, 9.17) is 4.74 Å². The monoisotopic (exact) mass is 364 g/mol. The van der Waals surface area contributed by atoms with Crippen LogP contribution in [0.4, 0.5) is 13.2 Å². The van der Waals surface area contributed by atoms with Crippen LogP contribution < -0.4 is 4.74 Å². The summed E-state index contributed by atoms with van der Waals surface area (Å²) in [5.74, 6) is -2.63. The van der Waals surface area contributed by atoms with E-state index >= 15 is 0 Å². The van der Waals surface area contributed by atoms with Crippen LogP contribution in [0.25, 0.3) is 0 Å².